The third-order valence-corrected chi connectivity index (χ3v) is 5.46. The summed E-state index contributed by atoms with van der Waals surface area (Å²) in [7, 11) is 2.04. The third kappa shape index (κ3) is 2.99. The van der Waals surface area contributed by atoms with Crippen LogP contribution in [-0.2, 0) is 11.8 Å². The van der Waals surface area contributed by atoms with Crippen molar-refractivity contribution in [3.05, 3.63) is 23.8 Å². The van der Waals surface area contributed by atoms with Crippen LogP contribution >= 0.6 is 11.8 Å². The van der Waals surface area contributed by atoms with E-state index < -0.39 is 0 Å². The Labute approximate surface area is 145 Å². The molecule has 0 atom stereocenters. The van der Waals surface area contributed by atoms with Crippen LogP contribution in [0.3, 0.4) is 0 Å². The van der Waals surface area contributed by atoms with Crippen molar-refractivity contribution in [1.29, 1.82) is 0 Å². The van der Waals surface area contributed by atoms with Crippen molar-refractivity contribution in [2.45, 2.75) is 12.1 Å². The zero-order valence-corrected chi connectivity index (χ0v) is 14.9. The summed E-state index contributed by atoms with van der Waals surface area (Å²) in [5, 5.41) is 10.7. The lowest BCUT2D eigenvalue weighted by atomic mass is 10.2. The van der Waals surface area contributed by atoms with Crippen LogP contribution in [0.4, 0.5) is 0 Å². The molecule has 0 saturated carbocycles. The van der Waals surface area contributed by atoms with E-state index in [1.807, 2.05) is 7.05 Å². The zero-order valence-electron chi connectivity index (χ0n) is 14.1. The molecule has 4 rings (SSSR count). The van der Waals surface area contributed by atoms with Gasteiger partial charge in [0, 0.05) is 12.4 Å². The van der Waals surface area contributed by atoms with Gasteiger partial charge in [0.25, 0.3) is 0 Å². The van der Waals surface area contributed by atoms with Crippen molar-refractivity contribution in [3.63, 3.8) is 0 Å². The molecule has 1 aliphatic rings. The van der Waals surface area contributed by atoms with Gasteiger partial charge in [-0.25, -0.2) is 4.98 Å². The summed E-state index contributed by atoms with van der Waals surface area (Å²) in [4.78, 5) is 6.34. The Morgan fingerprint density at radius 3 is 2.92 bits per heavy atom. The van der Waals surface area contributed by atoms with Gasteiger partial charge in [-0.05, 0) is 19.1 Å². The molecule has 0 unspecified atom stereocenters. The molecule has 1 N–H and O–H groups in total. The second-order valence-electron chi connectivity index (χ2n) is 6.31. The standard InChI is InChI=1S/C17H21N5OS/c1-12-3-4-14-13(11-12)15-16(21(14)2)18-17(20-19-15)24-10-7-22-5-8-23-9-6-22/h3-4,11H,5-10H2,1-2H3/p+1. The van der Waals surface area contributed by atoms with Gasteiger partial charge in [-0.3, -0.25) is 0 Å². The molecule has 0 spiro atoms. The van der Waals surface area contributed by atoms with Crippen LogP contribution in [0.15, 0.2) is 23.4 Å². The maximum Gasteiger partial charge on any atom is 0.211 e. The fourth-order valence-corrected chi connectivity index (χ4v) is 4.04. The Bertz CT molecular complexity index is 872. The van der Waals surface area contributed by atoms with Crippen LogP contribution in [0.5, 0.6) is 0 Å². The number of aromatic nitrogens is 4. The number of aryl methyl sites for hydroxylation is 2. The summed E-state index contributed by atoms with van der Waals surface area (Å²) in [5.41, 5.74) is 4.17. The van der Waals surface area contributed by atoms with E-state index in [2.05, 4.69) is 39.9 Å². The highest BCUT2D eigenvalue weighted by molar-refractivity contribution is 7.99. The normalized spacial score (nSPS) is 16.2. The van der Waals surface area contributed by atoms with Crippen molar-refractivity contribution in [2.24, 2.45) is 7.05 Å². The summed E-state index contributed by atoms with van der Waals surface area (Å²) in [6.07, 6.45) is 0. The molecule has 0 amide bonds. The van der Waals surface area contributed by atoms with Gasteiger partial charge < -0.3 is 14.2 Å². The smallest absolute Gasteiger partial charge is 0.211 e. The van der Waals surface area contributed by atoms with Gasteiger partial charge in [-0.15, -0.1) is 10.2 Å². The maximum atomic E-state index is 5.40. The van der Waals surface area contributed by atoms with Crippen molar-refractivity contribution >= 4 is 33.8 Å². The lowest BCUT2D eigenvalue weighted by Gasteiger charge is -2.23. The minimum absolute atomic E-state index is 0.762. The Balaban J connectivity index is 1.54. The lowest BCUT2D eigenvalue weighted by molar-refractivity contribution is -0.905. The number of ether oxygens (including phenoxy) is 1. The predicted molar refractivity (Wildman–Crippen MR) is 95.7 cm³/mol. The summed E-state index contributed by atoms with van der Waals surface area (Å²) in [6.45, 7) is 7.16. The number of nitrogens with one attached hydrogen (secondary N) is 1. The largest absolute Gasteiger partial charge is 0.370 e. The van der Waals surface area contributed by atoms with E-state index in [4.69, 9.17) is 9.72 Å². The molecular weight excluding hydrogens is 322 g/mol. The molecule has 2 aromatic heterocycles. The predicted octanol–water partition coefficient (Wildman–Crippen LogP) is 0.832. The fraction of sp³-hybridized carbons (Fsp3) is 0.471. The molecule has 126 valence electrons. The van der Waals surface area contributed by atoms with Crippen LogP contribution in [-0.4, -0.2) is 58.3 Å². The number of rotatable bonds is 4. The maximum absolute atomic E-state index is 5.40. The van der Waals surface area contributed by atoms with E-state index in [1.54, 1.807) is 16.7 Å². The second kappa shape index (κ2) is 6.66. The number of quaternary nitrogens is 1. The summed E-state index contributed by atoms with van der Waals surface area (Å²) in [5.74, 6) is 1.01. The average molecular weight is 344 g/mol. The lowest BCUT2D eigenvalue weighted by Crippen LogP contribution is -3.14. The first-order valence-electron chi connectivity index (χ1n) is 8.36. The van der Waals surface area contributed by atoms with Gasteiger partial charge in [-0.1, -0.05) is 23.4 Å². The third-order valence-electron chi connectivity index (χ3n) is 4.62. The van der Waals surface area contributed by atoms with E-state index in [0.29, 0.717) is 0 Å². The number of nitrogens with zero attached hydrogens (tertiary/aromatic N) is 4. The van der Waals surface area contributed by atoms with E-state index in [9.17, 15) is 0 Å². The molecule has 1 fully saturated rings. The van der Waals surface area contributed by atoms with Crippen molar-refractivity contribution in [3.8, 4) is 0 Å². The van der Waals surface area contributed by atoms with Crippen LogP contribution in [0.1, 0.15) is 5.56 Å². The monoisotopic (exact) mass is 344 g/mol. The first-order valence-corrected chi connectivity index (χ1v) is 9.34. The van der Waals surface area contributed by atoms with Gasteiger partial charge in [0.1, 0.15) is 18.6 Å². The number of hydrogen-bond donors (Lipinski definition) is 1. The van der Waals surface area contributed by atoms with E-state index in [0.717, 1.165) is 65.8 Å². The highest BCUT2D eigenvalue weighted by Gasteiger charge is 2.15. The molecule has 1 aromatic carbocycles. The fourth-order valence-electron chi connectivity index (χ4n) is 3.22. The number of hydrogen-bond acceptors (Lipinski definition) is 5. The van der Waals surface area contributed by atoms with E-state index in [1.165, 1.54) is 5.56 Å². The molecule has 6 nitrogen and oxygen atoms in total. The van der Waals surface area contributed by atoms with Gasteiger partial charge in [0.15, 0.2) is 5.65 Å². The molecular formula is C17H22N5OS+. The first-order chi connectivity index (χ1) is 11.7. The minimum Gasteiger partial charge on any atom is -0.370 e. The van der Waals surface area contributed by atoms with E-state index in [-0.39, 0.29) is 0 Å². The number of fused-ring (bicyclic) bond motifs is 3. The Hall–Kier alpha value is -1.70. The van der Waals surface area contributed by atoms with Gasteiger partial charge in [-0.2, -0.15) is 0 Å². The molecule has 1 aliphatic heterocycles. The SMILES string of the molecule is Cc1ccc2c(c1)c1nnc(SCC[NH+]3CCOCC3)nc1n2C. The Morgan fingerprint density at radius 2 is 2.08 bits per heavy atom. The van der Waals surface area contributed by atoms with Crippen LogP contribution in [0, 0.1) is 6.92 Å². The molecule has 24 heavy (non-hydrogen) atoms. The Kier molecular flexibility index (Phi) is 4.39. The molecule has 3 aromatic rings. The van der Waals surface area contributed by atoms with Crippen molar-refractivity contribution in [2.75, 3.05) is 38.6 Å². The Morgan fingerprint density at radius 1 is 1.25 bits per heavy atom. The number of thioether (sulfide) groups is 1. The molecule has 3 heterocycles. The number of benzene rings is 1. The molecule has 0 radical (unpaired) electrons. The summed E-state index contributed by atoms with van der Waals surface area (Å²) >= 11 is 1.69. The van der Waals surface area contributed by atoms with Crippen LogP contribution < -0.4 is 4.90 Å². The second-order valence-corrected chi connectivity index (χ2v) is 7.37. The topological polar surface area (TPSA) is 57.3 Å². The van der Waals surface area contributed by atoms with Gasteiger partial charge >= 0.3 is 0 Å². The van der Waals surface area contributed by atoms with Gasteiger partial charge in [0.05, 0.1) is 31.0 Å². The quantitative estimate of drug-likeness (QED) is 0.711. The summed E-state index contributed by atoms with van der Waals surface area (Å²) in [6, 6.07) is 6.40. The minimum atomic E-state index is 0.762. The molecule has 7 heteroatoms. The highest BCUT2D eigenvalue weighted by atomic mass is 32.2. The zero-order chi connectivity index (χ0) is 16.5. The molecule has 1 saturated heterocycles. The van der Waals surface area contributed by atoms with E-state index >= 15 is 0 Å². The van der Waals surface area contributed by atoms with Gasteiger partial charge in [0.2, 0.25) is 5.16 Å². The molecule has 0 aliphatic carbocycles. The van der Waals surface area contributed by atoms with Crippen molar-refractivity contribution < 1.29 is 9.64 Å². The number of morpholine rings is 1. The average Bonchev–Trinajstić information content (AvgIpc) is 2.88. The highest BCUT2D eigenvalue weighted by Crippen LogP contribution is 2.26. The first kappa shape index (κ1) is 15.8. The molecule has 0 bridgehead atoms. The summed E-state index contributed by atoms with van der Waals surface area (Å²) < 4.78 is 7.50. The van der Waals surface area contributed by atoms with Crippen LogP contribution in [0.2, 0.25) is 0 Å². The van der Waals surface area contributed by atoms with Crippen LogP contribution in [0.25, 0.3) is 22.1 Å². The van der Waals surface area contributed by atoms with Crippen molar-refractivity contribution in [1.82, 2.24) is 19.7 Å².